The minimum atomic E-state index is -0.0612. The molecule has 0 aromatic heterocycles. The van der Waals surface area contributed by atoms with Crippen molar-refractivity contribution in [2.45, 2.75) is 6.42 Å². The molecule has 4 heteroatoms. The van der Waals surface area contributed by atoms with E-state index in [9.17, 15) is 9.90 Å². The Morgan fingerprint density at radius 1 is 1.44 bits per heavy atom. The van der Waals surface area contributed by atoms with E-state index in [1.165, 1.54) is 13.2 Å². The standard InChI is InChI=1S/C12H17NO3/c1-13(2)7-6-11(14)10-5-4-9(16-3)8-12(10)15/h4-5,8,15H,6-7H2,1-3H3. The molecule has 0 fully saturated rings. The van der Waals surface area contributed by atoms with Gasteiger partial charge in [0, 0.05) is 19.0 Å². The normalized spacial score (nSPS) is 10.5. The van der Waals surface area contributed by atoms with Crippen molar-refractivity contribution in [3.63, 3.8) is 0 Å². The third kappa shape index (κ3) is 3.24. The molecule has 0 atom stereocenters. The topological polar surface area (TPSA) is 49.8 Å². The van der Waals surface area contributed by atoms with Gasteiger partial charge in [-0.3, -0.25) is 4.79 Å². The lowest BCUT2D eigenvalue weighted by molar-refractivity contribution is 0.0970. The minimum absolute atomic E-state index is 0.0249. The summed E-state index contributed by atoms with van der Waals surface area (Å²) >= 11 is 0. The molecule has 4 nitrogen and oxygen atoms in total. The Bertz CT molecular complexity index is 375. The molecular weight excluding hydrogens is 206 g/mol. The van der Waals surface area contributed by atoms with Gasteiger partial charge in [0.1, 0.15) is 11.5 Å². The van der Waals surface area contributed by atoms with Crippen LogP contribution in [0.4, 0.5) is 0 Å². The smallest absolute Gasteiger partial charge is 0.167 e. The first-order chi connectivity index (χ1) is 7.54. The monoisotopic (exact) mass is 223 g/mol. The van der Waals surface area contributed by atoms with E-state index in [4.69, 9.17) is 4.74 Å². The molecule has 0 bridgehead atoms. The van der Waals surface area contributed by atoms with Gasteiger partial charge in [-0.1, -0.05) is 0 Å². The molecule has 0 aliphatic rings. The Morgan fingerprint density at radius 3 is 2.62 bits per heavy atom. The molecule has 0 saturated carbocycles. The highest BCUT2D eigenvalue weighted by Gasteiger charge is 2.11. The van der Waals surface area contributed by atoms with Gasteiger partial charge in [0.25, 0.3) is 0 Å². The number of phenolic OH excluding ortho intramolecular Hbond substituents is 1. The molecular formula is C12H17NO3. The Labute approximate surface area is 95.5 Å². The maximum Gasteiger partial charge on any atom is 0.167 e. The molecule has 16 heavy (non-hydrogen) atoms. The summed E-state index contributed by atoms with van der Waals surface area (Å²) in [7, 11) is 5.32. The minimum Gasteiger partial charge on any atom is -0.507 e. The number of methoxy groups -OCH3 is 1. The van der Waals surface area contributed by atoms with Gasteiger partial charge >= 0.3 is 0 Å². The fourth-order valence-corrected chi connectivity index (χ4v) is 1.33. The van der Waals surface area contributed by atoms with Crippen LogP contribution in [0.2, 0.25) is 0 Å². The Hall–Kier alpha value is -1.55. The van der Waals surface area contributed by atoms with Gasteiger partial charge in [-0.2, -0.15) is 0 Å². The highest BCUT2D eigenvalue weighted by molar-refractivity contribution is 5.98. The highest BCUT2D eigenvalue weighted by Crippen LogP contribution is 2.24. The van der Waals surface area contributed by atoms with E-state index in [0.29, 0.717) is 24.3 Å². The number of ether oxygens (including phenoxy) is 1. The number of hydrogen-bond acceptors (Lipinski definition) is 4. The van der Waals surface area contributed by atoms with E-state index in [2.05, 4.69) is 0 Å². The molecule has 1 N–H and O–H groups in total. The molecule has 0 radical (unpaired) electrons. The van der Waals surface area contributed by atoms with Crippen LogP contribution in [0.25, 0.3) is 0 Å². The maximum absolute atomic E-state index is 11.7. The van der Waals surface area contributed by atoms with Crippen molar-refractivity contribution in [1.82, 2.24) is 4.90 Å². The summed E-state index contributed by atoms with van der Waals surface area (Å²) in [5.74, 6) is 0.457. The van der Waals surface area contributed by atoms with Gasteiger partial charge in [-0.15, -0.1) is 0 Å². The van der Waals surface area contributed by atoms with Crippen LogP contribution < -0.4 is 4.74 Å². The molecule has 0 saturated heterocycles. The van der Waals surface area contributed by atoms with Crippen LogP contribution in [0.3, 0.4) is 0 Å². The second kappa shape index (κ2) is 5.51. The van der Waals surface area contributed by atoms with Crippen molar-refractivity contribution in [1.29, 1.82) is 0 Å². The van der Waals surface area contributed by atoms with Crippen molar-refractivity contribution in [2.75, 3.05) is 27.7 Å². The molecule has 0 spiro atoms. The predicted molar refractivity (Wildman–Crippen MR) is 62.2 cm³/mol. The molecule has 0 amide bonds. The van der Waals surface area contributed by atoms with Gasteiger partial charge in [-0.05, 0) is 26.2 Å². The molecule has 1 rings (SSSR count). The summed E-state index contributed by atoms with van der Waals surface area (Å²) < 4.78 is 4.95. The number of ketones is 1. The second-order valence-electron chi connectivity index (χ2n) is 3.86. The molecule has 0 aliphatic heterocycles. The summed E-state index contributed by atoms with van der Waals surface area (Å²) in [6, 6.07) is 4.71. The lowest BCUT2D eigenvalue weighted by atomic mass is 10.1. The van der Waals surface area contributed by atoms with E-state index in [-0.39, 0.29) is 11.5 Å². The Balaban J connectivity index is 2.76. The first-order valence-corrected chi connectivity index (χ1v) is 5.09. The molecule has 88 valence electrons. The first-order valence-electron chi connectivity index (χ1n) is 5.09. The Kier molecular flexibility index (Phi) is 4.31. The number of aromatic hydroxyl groups is 1. The summed E-state index contributed by atoms with van der Waals surface area (Å²) in [5, 5.41) is 9.64. The molecule has 0 unspecified atom stereocenters. The van der Waals surface area contributed by atoms with Crippen molar-refractivity contribution >= 4 is 5.78 Å². The van der Waals surface area contributed by atoms with Crippen LogP contribution in [0.5, 0.6) is 11.5 Å². The van der Waals surface area contributed by atoms with Crippen LogP contribution in [-0.2, 0) is 0 Å². The maximum atomic E-state index is 11.7. The van der Waals surface area contributed by atoms with E-state index in [0.717, 1.165) is 0 Å². The summed E-state index contributed by atoms with van der Waals surface area (Å²) in [5.41, 5.74) is 0.350. The lowest BCUT2D eigenvalue weighted by Gasteiger charge is -2.09. The zero-order valence-electron chi connectivity index (χ0n) is 9.86. The molecule has 0 heterocycles. The predicted octanol–water partition coefficient (Wildman–Crippen LogP) is 1.54. The van der Waals surface area contributed by atoms with Crippen LogP contribution in [-0.4, -0.2) is 43.5 Å². The second-order valence-corrected chi connectivity index (χ2v) is 3.86. The fourth-order valence-electron chi connectivity index (χ4n) is 1.33. The average Bonchev–Trinajstić information content (AvgIpc) is 2.25. The third-order valence-electron chi connectivity index (χ3n) is 2.29. The quantitative estimate of drug-likeness (QED) is 0.769. The number of benzene rings is 1. The number of hydrogen-bond donors (Lipinski definition) is 1. The van der Waals surface area contributed by atoms with Crippen molar-refractivity contribution in [3.05, 3.63) is 23.8 Å². The number of rotatable bonds is 5. The molecule has 1 aromatic rings. The number of Topliss-reactive ketones (excluding diaryl/α,β-unsaturated/α-hetero) is 1. The average molecular weight is 223 g/mol. The molecule has 1 aromatic carbocycles. The van der Waals surface area contributed by atoms with Gasteiger partial charge in [-0.25, -0.2) is 0 Å². The number of phenols is 1. The highest BCUT2D eigenvalue weighted by atomic mass is 16.5. The summed E-state index contributed by atoms with van der Waals surface area (Å²) in [6.07, 6.45) is 0.396. The fraction of sp³-hybridized carbons (Fsp3) is 0.417. The van der Waals surface area contributed by atoms with Crippen LogP contribution in [0.15, 0.2) is 18.2 Å². The summed E-state index contributed by atoms with van der Waals surface area (Å²) in [4.78, 5) is 13.7. The van der Waals surface area contributed by atoms with Crippen molar-refractivity contribution in [3.8, 4) is 11.5 Å². The van der Waals surface area contributed by atoms with Crippen molar-refractivity contribution < 1.29 is 14.6 Å². The van der Waals surface area contributed by atoms with Crippen LogP contribution in [0.1, 0.15) is 16.8 Å². The zero-order valence-corrected chi connectivity index (χ0v) is 9.86. The van der Waals surface area contributed by atoms with E-state index in [1.54, 1.807) is 12.1 Å². The Morgan fingerprint density at radius 2 is 2.12 bits per heavy atom. The van der Waals surface area contributed by atoms with Gasteiger partial charge < -0.3 is 14.7 Å². The van der Waals surface area contributed by atoms with Crippen LogP contribution >= 0.6 is 0 Å². The molecule has 0 aliphatic carbocycles. The van der Waals surface area contributed by atoms with Crippen LogP contribution in [0, 0.1) is 0 Å². The van der Waals surface area contributed by atoms with Gasteiger partial charge in [0.2, 0.25) is 0 Å². The third-order valence-corrected chi connectivity index (χ3v) is 2.29. The first kappa shape index (κ1) is 12.5. The van der Waals surface area contributed by atoms with E-state index >= 15 is 0 Å². The summed E-state index contributed by atoms with van der Waals surface area (Å²) in [6.45, 7) is 0.671. The lowest BCUT2D eigenvalue weighted by Crippen LogP contribution is -2.16. The zero-order chi connectivity index (χ0) is 12.1. The number of carbonyl (C=O) groups is 1. The van der Waals surface area contributed by atoms with E-state index < -0.39 is 0 Å². The van der Waals surface area contributed by atoms with Gasteiger partial charge in [0.15, 0.2) is 5.78 Å². The number of nitrogens with zero attached hydrogens (tertiary/aromatic N) is 1. The van der Waals surface area contributed by atoms with E-state index in [1.807, 2.05) is 19.0 Å². The SMILES string of the molecule is COc1ccc(C(=O)CCN(C)C)c(O)c1. The number of carbonyl (C=O) groups excluding carboxylic acids is 1. The van der Waals surface area contributed by atoms with Crippen molar-refractivity contribution in [2.24, 2.45) is 0 Å². The van der Waals surface area contributed by atoms with Gasteiger partial charge in [0.05, 0.1) is 12.7 Å². The largest absolute Gasteiger partial charge is 0.507 e.